The first-order valence-electron chi connectivity index (χ1n) is 16.6. The van der Waals surface area contributed by atoms with Gasteiger partial charge in [-0.15, -0.1) is 0 Å². The Bertz CT molecular complexity index is 2320. The van der Waals surface area contributed by atoms with Crippen molar-refractivity contribution in [2.24, 2.45) is 0 Å². The zero-order valence-electron chi connectivity index (χ0n) is 26.5. The van der Waals surface area contributed by atoms with Crippen LogP contribution in [0.5, 0.6) is 0 Å². The normalized spacial score (nSPS) is 12.8. The van der Waals surface area contributed by atoms with E-state index in [0.29, 0.717) is 0 Å². The van der Waals surface area contributed by atoms with E-state index in [2.05, 4.69) is 205 Å². The third-order valence-corrected chi connectivity index (χ3v) is 9.92. The van der Waals surface area contributed by atoms with Crippen LogP contribution in [0.2, 0.25) is 0 Å². The predicted octanol–water partition coefficient (Wildman–Crippen LogP) is 12.3. The second-order valence-corrected chi connectivity index (χ2v) is 12.5. The molecule has 1 heteroatoms. The predicted molar refractivity (Wildman–Crippen MR) is 201 cm³/mol. The second-order valence-electron chi connectivity index (χ2n) is 12.5. The Morgan fingerprint density at radius 1 is 0.375 bits per heavy atom. The molecule has 0 saturated carbocycles. The monoisotopic (exact) mass is 611 g/mol. The summed E-state index contributed by atoms with van der Waals surface area (Å²) in [5, 5.41) is 2.53. The number of rotatable bonds is 6. The highest BCUT2D eigenvalue weighted by atomic mass is 15.1. The van der Waals surface area contributed by atoms with Gasteiger partial charge in [-0.25, -0.2) is 0 Å². The molecule has 226 valence electrons. The summed E-state index contributed by atoms with van der Waals surface area (Å²) in [5.74, 6) is 0. The van der Waals surface area contributed by atoms with E-state index in [9.17, 15) is 0 Å². The van der Waals surface area contributed by atoms with Crippen molar-refractivity contribution in [2.45, 2.75) is 5.41 Å². The fourth-order valence-electron chi connectivity index (χ4n) is 7.92. The van der Waals surface area contributed by atoms with Crippen molar-refractivity contribution in [1.29, 1.82) is 0 Å². The van der Waals surface area contributed by atoms with Crippen LogP contribution in [0.25, 0.3) is 33.0 Å². The largest absolute Gasteiger partial charge is 0.310 e. The molecule has 0 radical (unpaired) electrons. The van der Waals surface area contributed by atoms with Crippen LogP contribution < -0.4 is 4.90 Å². The van der Waals surface area contributed by atoms with Gasteiger partial charge >= 0.3 is 0 Å². The van der Waals surface area contributed by atoms with E-state index >= 15 is 0 Å². The minimum absolute atomic E-state index is 0.551. The summed E-state index contributed by atoms with van der Waals surface area (Å²) in [6.45, 7) is 0. The molecule has 1 aliphatic carbocycles. The molecule has 0 amide bonds. The number of anilines is 3. The summed E-state index contributed by atoms with van der Waals surface area (Å²) in [6, 6.07) is 73.0. The van der Waals surface area contributed by atoms with E-state index in [-0.39, 0.29) is 0 Å². The molecule has 48 heavy (non-hydrogen) atoms. The quantitative estimate of drug-likeness (QED) is 0.181. The van der Waals surface area contributed by atoms with Gasteiger partial charge in [-0.05, 0) is 80.0 Å². The van der Waals surface area contributed by atoms with Crippen LogP contribution in [0.4, 0.5) is 17.1 Å². The van der Waals surface area contributed by atoms with Gasteiger partial charge in [0.2, 0.25) is 0 Å². The molecule has 0 N–H and O–H groups in total. The van der Waals surface area contributed by atoms with E-state index < -0.39 is 5.41 Å². The van der Waals surface area contributed by atoms with Crippen LogP contribution >= 0.6 is 0 Å². The standard InChI is InChI=1S/C47H33N/c1-5-16-34(17-6-1)35-28-31-40(32-29-35)48(39-23-11-4-12-24-39)44-27-15-26-42-45-41-25-14-13-18-36(41)30-33-43(45)47(46(42)44,37-19-7-2-8-20-37)38-21-9-3-10-22-38/h1-33H. The minimum Gasteiger partial charge on any atom is -0.310 e. The van der Waals surface area contributed by atoms with Gasteiger partial charge in [0.05, 0.1) is 11.1 Å². The van der Waals surface area contributed by atoms with E-state index in [0.717, 1.165) is 11.4 Å². The highest BCUT2D eigenvalue weighted by Crippen LogP contribution is 2.61. The maximum atomic E-state index is 2.45. The zero-order chi connectivity index (χ0) is 31.9. The number of nitrogens with zero attached hydrogens (tertiary/aromatic N) is 1. The molecule has 8 aromatic rings. The lowest BCUT2D eigenvalue weighted by Gasteiger charge is -2.38. The van der Waals surface area contributed by atoms with Crippen molar-refractivity contribution >= 4 is 27.8 Å². The Kier molecular flexibility index (Phi) is 6.76. The Labute approximate surface area is 282 Å². The molecule has 0 fully saturated rings. The van der Waals surface area contributed by atoms with Crippen LogP contribution in [0.15, 0.2) is 200 Å². The molecular weight excluding hydrogens is 579 g/mol. The van der Waals surface area contributed by atoms with Crippen molar-refractivity contribution in [1.82, 2.24) is 0 Å². The Morgan fingerprint density at radius 3 is 1.58 bits per heavy atom. The van der Waals surface area contributed by atoms with Gasteiger partial charge in [0.1, 0.15) is 0 Å². The molecule has 0 atom stereocenters. The van der Waals surface area contributed by atoms with Crippen LogP contribution in [-0.4, -0.2) is 0 Å². The van der Waals surface area contributed by atoms with Gasteiger partial charge in [-0.3, -0.25) is 0 Å². The second kappa shape index (κ2) is 11.6. The minimum atomic E-state index is -0.551. The number of hydrogen-bond acceptors (Lipinski definition) is 1. The highest BCUT2D eigenvalue weighted by Gasteiger charge is 2.49. The average molecular weight is 612 g/mol. The summed E-state index contributed by atoms with van der Waals surface area (Å²) in [4.78, 5) is 2.45. The molecule has 8 aromatic carbocycles. The maximum Gasteiger partial charge on any atom is 0.0734 e. The van der Waals surface area contributed by atoms with Gasteiger partial charge in [0.25, 0.3) is 0 Å². The molecule has 0 aliphatic heterocycles. The molecule has 0 heterocycles. The molecule has 0 aromatic heterocycles. The lowest BCUT2D eigenvalue weighted by atomic mass is 9.67. The van der Waals surface area contributed by atoms with Crippen molar-refractivity contribution in [3.63, 3.8) is 0 Å². The number of hydrogen-bond donors (Lipinski definition) is 0. The molecule has 0 unspecified atom stereocenters. The fraction of sp³-hybridized carbons (Fsp3) is 0.0213. The van der Waals surface area contributed by atoms with Gasteiger partial charge < -0.3 is 4.90 Å². The van der Waals surface area contributed by atoms with Crippen molar-refractivity contribution < 1.29 is 0 Å². The molecule has 9 rings (SSSR count). The molecular formula is C47H33N. The van der Waals surface area contributed by atoms with Crippen LogP contribution in [0, 0.1) is 0 Å². The Balaban J connectivity index is 1.39. The van der Waals surface area contributed by atoms with E-state index in [4.69, 9.17) is 0 Å². The number of benzene rings is 8. The van der Waals surface area contributed by atoms with Crippen molar-refractivity contribution in [3.05, 3.63) is 222 Å². The topological polar surface area (TPSA) is 3.24 Å². The highest BCUT2D eigenvalue weighted by molar-refractivity contribution is 6.06. The van der Waals surface area contributed by atoms with Crippen molar-refractivity contribution in [3.8, 4) is 22.3 Å². The van der Waals surface area contributed by atoms with Crippen LogP contribution in [0.3, 0.4) is 0 Å². The maximum absolute atomic E-state index is 2.45. The average Bonchev–Trinajstić information content (AvgIpc) is 3.49. The number of para-hydroxylation sites is 1. The lowest BCUT2D eigenvalue weighted by Crippen LogP contribution is -2.30. The molecule has 0 spiro atoms. The van der Waals surface area contributed by atoms with Gasteiger partial charge in [-0.1, -0.05) is 170 Å². The Morgan fingerprint density at radius 2 is 0.917 bits per heavy atom. The molecule has 0 saturated heterocycles. The van der Waals surface area contributed by atoms with Crippen molar-refractivity contribution in [2.75, 3.05) is 4.90 Å². The fourth-order valence-corrected chi connectivity index (χ4v) is 7.92. The van der Waals surface area contributed by atoms with Gasteiger partial charge in [0, 0.05) is 16.9 Å². The zero-order valence-corrected chi connectivity index (χ0v) is 26.5. The summed E-state index contributed by atoms with van der Waals surface area (Å²) in [7, 11) is 0. The summed E-state index contributed by atoms with van der Waals surface area (Å²) < 4.78 is 0. The first kappa shape index (κ1) is 28.1. The summed E-state index contributed by atoms with van der Waals surface area (Å²) in [6.07, 6.45) is 0. The molecule has 1 aliphatic rings. The van der Waals surface area contributed by atoms with Crippen LogP contribution in [0.1, 0.15) is 22.3 Å². The first-order valence-corrected chi connectivity index (χ1v) is 16.6. The Hall–Kier alpha value is -6.18. The number of fused-ring (bicyclic) bond motifs is 5. The lowest BCUT2D eigenvalue weighted by molar-refractivity contribution is 0.768. The first-order chi connectivity index (χ1) is 23.8. The smallest absolute Gasteiger partial charge is 0.0734 e. The van der Waals surface area contributed by atoms with Crippen LogP contribution in [-0.2, 0) is 5.41 Å². The SMILES string of the molecule is c1ccc(-c2ccc(N(c3ccccc3)c3cccc4c3C(c3ccccc3)(c3ccccc3)c3ccc5ccccc5c3-4)cc2)cc1. The van der Waals surface area contributed by atoms with E-state index in [1.54, 1.807) is 0 Å². The summed E-state index contributed by atoms with van der Waals surface area (Å²) in [5.41, 5.74) is 13.0. The van der Waals surface area contributed by atoms with Gasteiger partial charge in [-0.2, -0.15) is 0 Å². The molecule has 0 bridgehead atoms. The molecule has 1 nitrogen and oxygen atoms in total. The van der Waals surface area contributed by atoms with Gasteiger partial charge in [0.15, 0.2) is 0 Å². The van der Waals surface area contributed by atoms with E-state index in [1.807, 2.05) is 0 Å². The van der Waals surface area contributed by atoms with E-state index in [1.165, 1.54) is 61.0 Å². The third-order valence-electron chi connectivity index (χ3n) is 9.92. The third kappa shape index (κ3) is 4.32. The summed E-state index contributed by atoms with van der Waals surface area (Å²) >= 11 is 0.